The van der Waals surface area contributed by atoms with Crippen molar-refractivity contribution in [3.8, 4) is 0 Å². The zero-order valence-corrected chi connectivity index (χ0v) is 8.03. The molecule has 11 heavy (non-hydrogen) atoms. The molecule has 0 radical (unpaired) electrons. The molecule has 1 aliphatic rings. The Morgan fingerprint density at radius 3 is 2.64 bits per heavy atom. The van der Waals surface area contributed by atoms with Crippen LogP contribution in [0.5, 0.6) is 0 Å². The highest BCUT2D eigenvalue weighted by atomic mass is 32.1. The van der Waals surface area contributed by atoms with Crippen molar-refractivity contribution in [1.82, 2.24) is 4.90 Å². The zero-order valence-electron chi connectivity index (χ0n) is 7.21. The van der Waals surface area contributed by atoms with Gasteiger partial charge in [-0.25, -0.2) is 0 Å². The molecule has 1 rings (SSSR count). The van der Waals surface area contributed by atoms with Crippen LogP contribution >= 0.6 is 12.2 Å². The lowest BCUT2D eigenvalue weighted by Gasteiger charge is -2.16. The average molecular weight is 172 g/mol. The number of nitrogens with zero attached hydrogens (tertiary/aromatic N) is 1. The van der Waals surface area contributed by atoms with Crippen LogP contribution in [0.1, 0.15) is 19.8 Å². The van der Waals surface area contributed by atoms with Crippen LogP contribution < -0.4 is 5.73 Å². The SMILES string of the molecule is CCC1C[C@@H](C(N)=S)N(C)C1. The Morgan fingerprint density at radius 1 is 1.73 bits per heavy atom. The molecule has 2 atom stereocenters. The van der Waals surface area contributed by atoms with Crippen LogP contribution in [0.2, 0.25) is 0 Å². The number of nitrogens with two attached hydrogens (primary N) is 1. The summed E-state index contributed by atoms with van der Waals surface area (Å²) in [6.45, 7) is 3.37. The molecule has 2 N–H and O–H groups in total. The third-order valence-corrected chi connectivity index (χ3v) is 2.81. The first-order valence-corrected chi connectivity index (χ1v) is 4.55. The van der Waals surface area contributed by atoms with Crippen LogP contribution in [0.15, 0.2) is 0 Å². The molecule has 0 aromatic heterocycles. The Labute approximate surface area is 73.7 Å². The van der Waals surface area contributed by atoms with Gasteiger partial charge in [0.25, 0.3) is 0 Å². The second-order valence-electron chi connectivity index (χ2n) is 3.37. The van der Waals surface area contributed by atoms with Crippen molar-refractivity contribution in [1.29, 1.82) is 0 Å². The topological polar surface area (TPSA) is 29.3 Å². The summed E-state index contributed by atoms with van der Waals surface area (Å²) in [4.78, 5) is 2.92. The van der Waals surface area contributed by atoms with Crippen molar-refractivity contribution in [3.05, 3.63) is 0 Å². The van der Waals surface area contributed by atoms with Gasteiger partial charge in [0, 0.05) is 6.54 Å². The number of rotatable bonds is 2. The molecular weight excluding hydrogens is 156 g/mol. The van der Waals surface area contributed by atoms with E-state index in [4.69, 9.17) is 18.0 Å². The number of likely N-dealkylation sites (N-methyl/N-ethyl adjacent to an activating group) is 1. The Balaban J connectivity index is 2.51. The number of hydrogen-bond acceptors (Lipinski definition) is 2. The van der Waals surface area contributed by atoms with Gasteiger partial charge in [0.15, 0.2) is 0 Å². The molecular formula is C8H16N2S. The lowest BCUT2D eigenvalue weighted by Crippen LogP contribution is -2.36. The molecule has 0 aliphatic carbocycles. The van der Waals surface area contributed by atoms with Gasteiger partial charge >= 0.3 is 0 Å². The molecule has 64 valence electrons. The Bertz CT molecular complexity index is 158. The van der Waals surface area contributed by atoms with E-state index in [9.17, 15) is 0 Å². The van der Waals surface area contributed by atoms with Crippen LogP contribution in [0.4, 0.5) is 0 Å². The van der Waals surface area contributed by atoms with Gasteiger partial charge in [0.05, 0.1) is 11.0 Å². The molecule has 1 saturated heterocycles. The molecule has 0 bridgehead atoms. The monoisotopic (exact) mass is 172 g/mol. The molecule has 0 aromatic carbocycles. The summed E-state index contributed by atoms with van der Waals surface area (Å²) in [6, 6.07) is 0.356. The summed E-state index contributed by atoms with van der Waals surface area (Å²) in [7, 11) is 2.10. The van der Waals surface area contributed by atoms with Crippen molar-refractivity contribution in [2.24, 2.45) is 11.7 Å². The summed E-state index contributed by atoms with van der Waals surface area (Å²) in [5.74, 6) is 0.798. The molecule has 0 saturated carbocycles. The van der Waals surface area contributed by atoms with Crippen molar-refractivity contribution < 1.29 is 0 Å². The first-order valence-electron chi connectivity index (χ1n) is 4.14. The molecule has 0 amide bonds. The minimum Gasteiger partial charge on any atom is -0.392 e. The van der Waals surface area contributed by atoms with Crippen LogP contribution in [-0.2, 0) is 0 Å². The van der Waals surface area contributed by atoms with Gasteiger partial charge in [0.2, 0.25) is 0 Å². The fraction of sp³-hybridized carbons (Fsp3) is 0.875. The Hall–Kier alpha value is -0.150. The largest absolute Gasteiger partial charge is 0.392 e. The average Bonchev–Trinajstić information content (AvgIpc) is 2.30. The fourth-order valence-corrected chi connectivity index (χ4v) is 2.01. The highest BCUT2D eigenvalue weighted by molar-refractivity contribution is 7.80. The maximum Gasteiger partial charge on any atom is 0.0902 e. The van der Waals surface area contributed by atoms with Crippen molar-refractivity contribution in [2.45, 2.75) is 25.8 Å². The lowest BCUT2D eigenvalue weighted by molar-refractivity contribution is 0.361. The van der Waals surface area contributed by atoms with Crippen molar-refractivity contribution in [2.75, 3.05) is 13.6 Å². The molecule has 0 aromatic rings. The van der Waals surface area contributed by atoms with E-state index in [1.807, 2.05) is 0 Å². The lowest BCUT2D eigenvalue weighted by atomic mass is 10.0. The minimum atomic E-state index is 0.356. The highest BCUT2D eigenvalue weighted by Gasteiger charge is 2.29. The van der Waals surface area contributed by atoms with E-state index in [2.05, 4.69) is 18.9 Å². The third-order valence-electron chi connectivity index (χ3n) is 2.54. The van der Waals surface area contributed by atoms with Gasteiger partial charge in [-0.15, -0.1) is 0 Å². The number of likely N-dealkylation sites (tertiary alicyclic amines) is 1. The van der Waals surface area contributed by atoms with Gasteiger partial charge in [-0.05, 0) is 19.4 Å². The van der Waals surface area contributed by atoms with E-state index in [1.165, 1.54) is 6.42 Å². The van der Waals surface area contributed by atoms with Crippen molar-refractivity contribution in [3.63, 3.8) is 0 Å². The maximum absolute atomic E-state index is 5.59. The fourth-order valence-electron chi connectivity index (χ4n) is 1.73. The zero-order chi connectivity index (χ0) is 8.43. The number of thiocarbonyl (C=S) groups is 1. The molecule has 0 spiro atoms. The molecule has 1 aliphatic heterocycles. The minimum absolute atomic E-state index is 0.356. The normalized spacial score (nSPS) is 32.5. The van der Waals surface area contributed by atoms with Gasteiger partial charge in [-0.2, -0.15) is 0 Å². The second kappa shape index (κ2) is 3.50. The molecule has 1 fully saturated rings. The van der Waals surface area contributed by atoms with E-state index >= 15 is 0 Å². The molecule has 2 nitrogen and oxygen atoms in total. The standard InChI is InChI=1S/C8H16N2S/c1-3-6-4-7(8(9)11)10(2)5-6/h6-7H,3-5H2,1-2H3,(H2,9,11)/t6?,7-/m0/s1. The second-order valence-corrected chi connectivity index (χ2v) is 3.84. The van der Waals surface area contributed by atoms with Gasteiger partial charge in [-0.1, -0.05) is 25.6 Å². The highest BCUT2D eigenvalue weighted by Crippen LogP contribution is 2.23. The first kappa shape index (κ1) is 8.94. The van der Waals surface area contributed by atoms with E-state index in [0.29, 0.717) is 11.0 Å². The molecule has 3 heteroatoms. The van der Waals surface area contributed by atoms with E-state index in [1.54, 1.807) is 0 Å². The van der Waals surface area contributed by atoms with Crippen LogP contribution in [0.25, 0.3) is 0 Å². The van der Waals surface area contributed by atoms with Gasteiger partial charge < -0.3 is 5.73 Å². The maximum atomic E-state index is 5.59. The predicted octanol–water partition coefficient (Wildman–Crippen LogP) is 1.00. The smallest absolute Gasteiger partial charge is 0.0902 e. The summed E-state index contributed by atoms with van der Waals surface area (Å²) in [5, 5.41) is 0. The summed E-state index contributed by atoms with van der Waals surface area (Å²) in [6.07, 6.45) is 2.39. The van der Waals surface area contributed by atoms with Crippen LogP contribution in [0, 0.1) is 5.92 Å². The first-order chi connectivity index (χ1) is 5.15. The Kier molecular flexibility index (Phi) is 2.84. The van der Waals surface area contributed by atoms with E-state index in [-0.39, 0.29) is 0 Å². The van der Waals surface area contributed by atoms with Crippen molar-refractivity contribution >= 4 is 17.2 Å². The quantitative estimate of drug-likeness (QED) is 0.630. The summed E-state index contributed by atoms with van der Waals surface area (Å²) >= 11 is 4.97. The number of hydrogen-bond donors (Lipinski definition) is 1. The van der Waals surface area contributed by atoms with Crippen LogP contribution in [-0.4, -0.2) is 29.5 Å². The van der Waals surface area contributed by atoms with Gasteiger partial charge in [-0.3, -0.25) is 4.90 Å². The van der Waals surface area contributed by atoms with E-state index in [0.717, 1.165) is 18.9 Å². The molecule has 1 unspecified atom stereocenters. The third kappa shape index (κ3) is 1.91. The Morgan fingerprint density at radius 2 is 2.36 bits per heavy atom. The van der Waals surface area contributed by atoms with Crippen LogP contribution in [0.3, 0.4) is 0 Å². The van der Waals surface area contributed by atoms with E-state index < -0.39 is 0 Å². The molecule has 1 heterocycles. The predicted molar refractivity (Wildman–Crippen MR) is 51.6 cm³/mol. The summed E-state index contributed by atoms with van der Waals surface area (Å²) < 4.78 is 0. The van der Waals surface area contributed by atoms with Gasteiger partial charge in [0.1, 0.15) is 0 Å². The summed E-state index contributed by atoms with van der Waals surface area (Å²) in [5.41, 5.74) is 5.59.